The third-order valence-electron chi connectivity index (χ3n) is 4.13. The lowest BCUT2D eigenvalue weighted by atomic mass is 10.2. The van der Waals surface area contributed by atoms with Crippen LogP contribution in [0.4, 0.5) is 5.69 Å². The second-order valence-corrected chi connectivity index (χ2v) is 8.02. The summed E-state index contributed by atoms with van der Waals surface area (Å²) in [5.41, 5.74) is 2.47. The Balaban J connectivity index is 1.89. The largest absolute Gasteiger partial charge is 0.343 e. The predicted octanol–water partition coefficient (Wildman–Crippen LogP) is 4.88. The van der Waals surface area contributed by atoms with Crippen LogP contribution in [0.25, 0.3) is 0 Å². The molecule has 0 saturated carbocycles. The summed E-state index contributed by atoms with van der Waals surface area (Å²) in [6.07, 6.45) is 0. The van der Waals surface area contributed by atoms with Gasteiger partial charge in [-0.3, -0.25) is 10.1 Å². The molecular weight excluding hydrogens is 359 g/mol. The highest BCUT2D eigenvalue weighted by Crippen LogP contribution is 2.42. The highest BCUT2D eigenvalue weighted by atomic mass is 31.2. The molecule has 0 bridgehead atoms. The molecule has 0 aliphatic rings. The molecule has 0 amide bonds. The number of non-ortho nitro benzene ring substituents is 1. The van der Waals surface area contributed by atoms with Gasteiger partial charge in [-0.1, -0.05) is 60.7 Å². The van der Waals surface area contributed by atoms with Gasteiger partial charge in [-0.25, -0.2) is 4.67 Å². The van der Waals surface area contributed by atoms with E-state index in [1.54, 1.807) is 19.2 Å². The van der Waals surface area contributed by atoms with E-state index in [-0.39, 0.29) is 10.6 Å². The van der Waals surface area contributed by atoms with Crippen molar-refractivity contribution in [1.82, 2.24) is 4.67 Å². The lowest BCUT2D eigenvalue weighted by molar-refractivity contribution is -0.384. The Morgan fingerprint density at radius 1 is 0.852 bits per heavy atom. The molecule has 3 aromatic rings. The van der Waals surface area contributed by atoms with Crippen LogP contribution in [0.5, 0.6) is 0 Å². The van der Waals surface area contributed by atoms with Crippen molar-refractivity contribution in [3.63, 3.8) is 0 Å². The molecule has 138 valence electrons. The number of benzene rings is 3. The van der Waals surface area contributed by atoms with Gasteiger partial charge in [0.15, 0.2) is 0 Å². The van der Waals surface area contributed by atoms with E-state index in [9.17, 15) is 10.1 Å². The van der Waals surface area contributed by atoms with Crippen molar-refractivity contribution in [3.05, 3.63) is 106 Å². The first-order chi connectivity index (χ1) is 13.2. The van der Waals surface area contributed by atoms with Crippen LogP contribution in [-0.2, 0) is 17.6 Å². The summed E-state index contributed by atoms with van der Waals surface area (Å²) in [5.74, 6) is 0. The predicted molar refractivity (Wildman–Crippen MR) is 109 cm³/mol. The summed E-state index contributed by atoms with van der Waals surface area (Å²) in [6.45, 7) is 1.46. The molecule has 0 saturated heterocycles. The van der Waals surface area contributed by atoms with Gasteiger partial charge in [0.25, 0.3) is 5.69 Å². The molecule has 6 heteroatoms. The van der Waals surface area contributed by atoms with Crippen molar-refractivity contribution >= 4 is 19.3 Å². The SMILES string of the molecule is COP(c1ccc([N+](=O)[O-])cc1)N(Cc1ccccc1)Cc1ccccc1. The number of nitro benzene ring substituents is 1. The molecule has 0 fully saturated rings. The number of nitro groups is 1. The lowest BCUT2D eigenvalue weighted by Gasteiger charge is -2.30. The van der Waals surface area contributed by atoms with E-state index in [0.29, 0.717) is 0 Å². The quantitative estimate of drug-likeness (QED) is 0.317. The van der Waals surface area contributed by atoms with Crippen LogP contribution >= 0.6 is 8.30 Å². The zero-order valence-electron chi connectivity index (χ0n) is 15.1. The molecule has 0 N–H and O–H groups in total. The van der Waals surface area contributed by atoms with Gasteiger partial charge in [0.2, 0.25) is 0 Å². The Morgan fingerprint density at radius 3 is 1.74 bits per heavy atom. The minimum atomic E-state index is -1.09. The molecule has 0 heterocycles. The maximum Gasteiger partial charge on any atom is 0.269 e. The van der Waals surface area contributed by atoms with Crippen molar-refractivity contribution in [2.75, 3.05) is 7.11 Å². The smallest absolute Gasteiger partial charge is 0.269 e. The van der Waals surface area contributed by atoms with Crippen LogP contribution in [0.3, 0.4) is 0 Å². The molecular formula is C21H21N2O3P. The molecule has 1 atom stereocenters. The molecule has 0 radical (unpaired) electrons. The lowest BCUT2D eigenvalue weighted by Crippen LogP contribution is -2.23. The van der Waals surface area contributed by atoms with Gasteiger partial charge < -0.3 is 4.52 Å². The zero-order chi connectivity index (χ0) is 19.1. The summed E-state index contributed by atoms with van der Waals surface area (Å²) in [4.78, 5) is 10.6. The minimum Gasteiger partial charge on any atom is -0.343 e. The van der Waals surface area contributed by atoms with E-state index in [4.69, 9.17) is 4.52 Å². The van der Waals surface area contributed by atoms with Gasteiger partial charge in [-0.15, -0.1) is 0 Å². The molecule has 27 heavy (non-hydrogen) atoms. The Morgan fingerprint density at radius 2 is 1.33 bits per heavy atom. The summed E-state index contributed by atoms with van der Waals surface area (Å²) in [7, 11) is 0.605. The Hall–Kier alpha value is -2.59. The zero-order valence-corrected chi connectivity index (χ0v) is 16.0. The first kappa shape index (κ1) is 19.2. The van der Waals surface area contributed by atoms with Gasteiger partial charge >= 0.3 is 0 Å². The summed E-state index contributed by atoms with van der Waals surface area (Å²) in [5, 5.41) is 11.9. The molecule has 3 aromatic carbocycles. The highest BCUT2D eigenvalue weighted by Gasteiger charge is 2.22. The molecule has 0 aromatic heterocycles. The Kier molecular flexibility index (Phi) is 6.66. The normalized spacial score (nSPS) is 12.1. The van der Waals surface area contributed by atoms with Gasteiger partial charge in [0.1, 0.15) is 8.30 Å². The average molecular weight is 380 g/mol. The third-order valence-corrected chi connectivity index (χ3v) is 6.01. The van der Waals surface area contributed by atoms with E-state index >= 15 is 0 Å². The Labute approximate surface area is 160 Å². The molecule has 0 spiro atoms. The fourth-order valence-electron chi connectivity index (χ4n) is 2.86. The molecule has 0 aliphatic heterocycles. The van der Waals surface area contributed by atoms with E-state index < -0.39 is 8.30 Å². The van der Waals surface area contributed by atoms with Gasteiger partial charge in [-0.2, -0.15) is 0 Å². The maximum atomic E-state index is 10.9. The number of nitrogens with zero attached hydrogens (tertiary/aromatic N) is 2. The molecule has 1 unspecified atom stereocenters. The molecule has 0 aliphatic carbocycles. The van der Waals surface area contributed by atoms with Gasteiger partial charge in [-0.05, 0) is 23.3 Å². The second kappa shape index (κ2) is 9.38. The minimum absolute atomic E-state index is 0.0856. The van der Waals surface area contributed by atoms with Crippen LogP contribution in [0.1, 0.15) is 11.1 Å². The summed E-state index contributed by atoms with van der Waals surface area (Å²) in [6, 6.07) is 27.1. The van der Waals surface area contributed by atoms with Crippen molar-refractivity contribution in [2.45, 2.75) is 13.1 Å². The van der Waals surface area contributed by atoms with Crippen molar-refractivity contribution in [2.24, 2.45) is 0 Å². The number of hydrogen-bond acceptors (Lipinski definition) is 4. The monoisotopic (exact) mass is 380 g/mol. The topological polar surface area (TPSA) is 55.6 Å². The highest BCUT2D eigenvalue weighted by molar-refractivity contribution is 7.58. The van der Waals surface area contributed by atoms with E-state index in [1.807, 2.05) is 36.4 Å². The maximum absolute atomic E-state index is 10.9. The average Bonchev–Trinajstić information content (AvgIpc) is 2.70. The van der Waals surface area contributed by atoms with Crippen LogP contribution in [0.2, 0.25) is 0 Å². The molecule has 3 rings (SSSR count). The van der Waals surface area contributed by atoms with Crippen LogP contribution in [0.15, 0.2) is 84.9 Å². The van der Waals surface area contributed by atoms with E-state index in [1.165, 1.54) is 23.3 Å². The number of hydrogen-bond donors (Lipinski definition) is 0. The number of rotatable bonds is 8. The fourth-order valence-corrected chi connectivity index (χ4v) is 4.61. The Bertz CT molecular complexity index is 816. The van der Waals surface area contributed by atoms with E-state index in [2.05, 4.69) is 28.9 Å². The molecule has 5 nitrogen and oxygen atoms in total. The first-order valence-electron chi connectivity index (χ1n) is 8.59. The fraction of sp³-hybridized carbons (Fsp3) is 0.143. The standard InChI is InChI=1S/C21H21N2O3P/c1-26-27(21-14-12-20(13-15-21)23(24)25)22(16-18-8-4-2-5-9-18)17-19-10-6-3-7-11-19/h2-15H,16-17H2,1H3. The van der Waals surface area contributed by atoms with Gasteiger partial charge in [0.05, 0.1) is 4.92 Å². The summed E-state index contributed by atoms with van der Waals surface area (Å²) >= 11 is 0. The first-order valence-corrected chi connectivity index (χ1v) is 9.80. The van der Waals surface area contributed by atoms with Crippen molar-refractivity contribution < 1.29 is 9.45 Å². The van der Waals surface area contributed by atoms with E-state index in [0.717, 1.165) is 18.4 Å². The van der Waals surface area contributed by atoms with Crippen LogP contribution < -0.4 is 5.30 Å². The second-order valence-electron chi connectivity index (χ2n) is 6.02. The van der Waals surface area contributed by atoms with Crippen molar-refractivity contribution in [1.29, 1.82) is 0 Å². The van der Waals surface area contributed by atoms with Crippen molar-refractivity contribution in [3.8, 4) is 0 Å². The van der Waals surface area contributed by atoms with Crippen LogP contribution in [-0.4, -0.2) is 16.7 Å². The third kappa shape index (κ3) is 5.20. The summed E-state index contributed by atoms with van der Waals surface area (Å²) < 4.78 is 8.14. The van der Waals surface area contributed by atoms with Gasteiger partial charge in [0, 0.05) is 37.6 Å². The van der Waals surface area contributed by atoms with Crippen LogP contribution in [0, 0.1) is 10.1 Å².